The van der Waals surface area contributed by atoms with Crippen LogP contribution in [0.25, 0.3) is 0 Å². The van der Waals surface area contributed by atoms with Gasteiger partial charge in [-0.25, -0.2) is 0 Å². The Bertz CT molecular complexity index is 633. The molecule has 0 atom stereocenters. The van der Waals surface area contributed by atoms with Crippen LogP contribution < -0.4 is 10.2 Å². The van der Waals surface area contributed by atoms with E-state index < -0.39 is 0 Å². The maximum atomic E-state index is 9.30. The summed E-state index contributed by atoms with van der Waals surface area (Å²) < 4.78 is 10.8. The Labute approximate surface area is 143 Å². The van der Waals surface area contributed by atoms with Crippen molar-refractivity contribution in [2.24, 2.45) is 5.92 Å². The van der Waals surface area contributed by atoms with E-state index in [-0.39, 0.29) is 0 Å². The van der Waals surface area contributed by atoms with Crippen molar-refractivity contribution in [1.29, 1.82) is 0 Å². The quantitative estimate of drug-likeness (QED) is 0.816. The molecular weight excluding hydrogens is 304 g/mol. The van der Waals surface area contributed by atoms with Crippen molar-refractivity contribution < 1.29 is 14.3 Å². The number of rotatable bonds is 7. The van der Waals surface area contributed by atoms with Crippen molar-refractivity contribution >= 4 is 11.4 Å². The maximum Gasteiger partial charge on any atom is 0.129 e. The fourth-order valence-electron chi connectivity index (χ4n) is 3.17. The van der Waals surface area contributed by atoms with E-state index in [2.05, 4.69) is 28.4 Å². The summed E-state index contributed by atoms with van der Waals surface area (Å²) in [6.45, 7) is 3.42. The topological polar surface area (TPSA) is 57.9 Å². The van der Waals surface area contributed by atoms with Gasteiger partial charge in [0, 0.05) is 26.8 Å². The molecule has 1 aromatic carbocycles. The van der Waals surface area contributed by atoms with Crippen LogP contribution in [0.1, 0.15) is 24.4 Å². The number of ether oxygens (including phenoxy) is 1. The number of methoxy groups -OCH3 is 1. The van der Waals surface area contributed by atoms with Gasteiger partial charge in [-0.1, -0.05) is 12.1 Å². The average Bonchev–Trinajstić information content (AvgIpc) is 3.08. The number of nitrogens with one attached hydrogen (secondary N) is 1. The molecule has 1 aliphatic rings. The molecule has 2 N–H and O–H groups in total. The second-order valence-corrected chi connectivity index (χ2v) is 6.28. The zero-order valence-electron chi connectivity index (χ0n) is 14.2. The van der Waals surface area contributed by atoms with Crippen molar-refractivity contribution in [3.05, 3.63) is 47.9 Å². The summed E-state index contributed by atoms with van der Waals surface area (Å²) >= 11 is 0. The molecule has 1 aromatic heterocycles. The highest BCUT2D eigenvalue weighted by molar-refractivity contribution is 5.70. The van der Waals surface area contributed by atoms with E-state index in [1.165, 1.54) is 5.69 Å². The minimum Gasteiger partial charge on any atom is -0.462 e. The van der Waals surface area contributed by atoms with Crippen LogP contribution in [0.3, 0.4) is 0 Å². The van der Waals surface area contributed by atoms with E-state index >= 15 is 0 Å². The lowest BCUT2D eigenvalue weighted by Gasteiger charge is -2.34. The zero-order valence-corrected chi connectivity index (χ0v) is 14.2. The molecule has 1 saturated heterocycles. The lowest BCUT2D eigenvalue weighted by Crippen LogP contribution is -2.35. The van der Waals surface area contributed by atoms with Gasteiger partial charge in [0.1, 0.15) is 18.1 Å². The lowest BCUT2D eigenvalue weighted by molar-refractivity contribution is 0.163. The Morgan fingerprint density at radius 3 is 2.67 bits per heavy atom. The monoisotopic (exact) mass is 330 g/mol. The second kappa shape index (κ2) is 8.22. The van der Waals surface area contributed by atoms with Gasteiger partial charge in [0.2, 0.25) is 0 Å². The highest BCUT2D eigenvalue weighted by Crippen LogP contribution is 2.30. The number of hydrogen-bond acceptors (Lipinski definition) is 5. The zero-order chi connectivity index (χ0) is 16.8. The van der Waals surface area contributed by atoms with Gasteiger partial charge >= 0.3 is 0 Å². The lowest BCUT2D eigenvalue weighted by atomic mass is 9.97. The van der Waals surface area contributed by atoms with E-state index in [0.29, 0.717) is 25.7 Å². The molecule has 0 aliphatic carbocycles. The van der Waals surface area contributed by atoms with Crippen LogP contribution in [0.4, 0.5) is 11.4 Å². The molecule has 0 spiro atoms. The molecular formula is C19H26N2O3. The van der Waals surface area contributed by atoms with Crippen molar-refractivity contribution in [3.8, 4) is 0 Å². The number of para-hydroxylation sites is 2. The first-order chi connectivity index (χ1) is 11.8. The molecule has 1 aliphatic heterocycles. The summed E-state index contributed by atoms with van der Waals surface area (Å²) in [6.07, 6.45) is 2.09. The van der Waals surface area contributed by atoms with Crippen LogP contribution >= 0.6 is 0 Å². The number of furan rings is 1. The van der Waals surface area contributed by atoms with Crippen LogP contribution in [0.5, 0.6) is 0 Å². The third kappa shape index (κ3) is 4.10. The number of piperidine rings is 1. The first kappa shape index (κ1) is 16.9. The van der Waals surface area contributed by atoms with Gasteiger partial charge in [0.25, 0.3) is 0 Å². The van der Waals surface area contributed by atoms with Gasteiger partial charge in [0.15, 0.2) is 0 Å². The molecule has 3 rings (SSSR count). The smallest absolute Gasteiger partial charge is 0.129 e. The summed E-state index contributed by atoms with van der Waals surface area (Å²) in [5.41, 5.74) is 2.34. The minimum absolute atomic E-state index is 0.302. The van der Waals surface area contributed by atoms with Crippen molar-refractivity contribution in [1.82, 2.24) is 0 Å². The number of hydrogen-bond donors (Lipinski definition) is 2. The first-order valence-electron chi connectivity index (χ1n) is 8.55. The Morgan fingerprint density at radius 1 is 1.17 bits per heavy atom. The van der Waals surface area contributed by atoms with Gasteiger partial charge in [-0.3, -0.25) is 0 Å². The molecule has 0 radical (unpaired) electrons. The highest BCUT2D eigenvalue weighted by Gasteiger charge is 2.20. The second-order valence-electron chi connectivity index (χ2n) is 6.28. The van der Waals surface area contributed by atoms with E-state index in [1.54, 1.807) is 7.11 Å². The molecule has 5 nitrogen and oxygen atoms in total. The van der Waals surface area contributed by atoms with Crippen LogP contribution in [0.15, 0.2) is 40.8 Å². The number of benzene rings is 1. The van der Waals surface area contributed by atoms with E-state index in [4.69, 9.17) is 9.15 Å². The molecule has 0 saturated carbocycles. The molecule has 0 unspecified atom stereocenters. The van der Waals surface area contributed by atoms with Crippen LogP contribution in [0.2, 0.25) is 0 Å². The Kier molecular flexibility index (Phi) is 5.77. The highest BCUT2D eigenvalue weighted by atomic mass is 16.5. The summed E-state index contributed by atoms with van der Waals surface area (Å²) in [7, 11) is 1.66. The van der Waals surface area contributed by atoms with Gasteiger partial charge in [-0.05, 0) is 43.0 Å². The normalized spacial score (nSPS) is 15.7. The molecule has 24 heavy (non-hydrogen) atoms. The van der Waals surface area contributed by atoms with Gasteiger partial charge in [-0.2, -0.15) is 0 Å². The summed E-state index contributed by atoms with van der Waals surface area (Å²) in [5, 5.41) is 12.8. The van der Waals surface area contributed by atoms with Crippen molar-refractivity contribution in [2.75, 3.05) is 37.0 Å². The third-order valence-electron chi connectivity index (χ3n) is 4.57. The fourth-order valence-corrected chi connectivity index (χ4v) is 3.17. The maximum absolute atomic E-state index is 9.30. The molecule has 0 bridgehead atoms. The predicted octanol–water partition coefficient (Wildman–Crippen LogP) is 3.25. The van der Waals surface area contributed by atoms with Crippen LogP contribution in [0, 0.1) is 5.92 Å². The van der Waals surface area contributed by atoms with E-state index in [0.717, 1.165) is 43.1 Å². The Balaban J connectivity index is 1.63. The van der Waals surface area contributed by atoms with Crippen LogP contribution in [-0.2, 0) is 17.9 Å². The van der Waals surface area contributed by atoms with Crippen molar-refractivity contribution in [2.45, 2.75) is 26.0 Å². The summed E-state index contributed by atoms with van der Waals surface area (Å²) in [5.74, 6) is 2.19. The van der Waals surface area contributed by atoms with Gasteiger partial charge in [-0.15, -0.1) is 0 Å². The number of anilines is 2. The number of aliphatic hydroxyl groups excluding tert-OH is 1. The number of aliphatic hydroxyl groups is 1. The molecule has 2 aromatic rings. The average molecular weight is 330 g/mol. The largest absolute Gasteiger partial charge is 0.462 e. The Hall–Kier alpha value is -1.98. The van der Waals surface area contributed by atoms with Crippen molar-refractivity contribution in [3.63, 3.8) is 0 Å². The predicted molar refractivity (Wildman–Crippen MR) is 95.2 cm³/mol. The Morgan fingerprint density at radius 2 is 1.92 bits per heavy atom. The standard InChI is InChI=1S/C19H26N2O3/c1-23-14-17-7-6-16(24-17)12-20-18-4-2-3-5-19(18)21-10-8-15(13-22)9-11-21/h2-7,15,20,22H,8-14H2,1H3. The minimum atomic E-state index is 0.302. The summed E-state index contributed by atoms with van der Waals surface area (Å²) in [6, 6.07) is 12.3. The first-order valence-corrected chi connectivity index (χ1v) is 8.55. The summed E-state index contributed by atoms with van der Waals surface area (Å²) in [4.78, 5) is 2.40. The molecule has 1 fully saturated rings. The molecule has 5 heteroatoms. The molecule has 2 heterocycles. The van der Waals surface area contributed by atoms with Gasteiger partial charge < -0.3 is 24.5 Å². The number of nitrogens with zero attached hydrogens (tertiary/aromatic N) is 1. The molecule has 0 amide bonds. The van der Waals surface area contributed by atoms with E-state index in [1.807, 2.05) is 18.2 Å². The molecule has 130 valence electrons. The third-order valence-corrected chi connectivity index (χ3v) is 4.57. The van der Waals surface area contributed by atoms with E-state index in [9.17, 15) is 5.11 Å². The fraction of sp³-hybridized carbons (Fsp3) is 0.474. The SMILES string of the molecule is COCc1ccc(CNc2ccccc2N2CCC(CO)CC2)o1. The van der Waals surface area contributed by atoms with Gasteiger partial charge in [0.05, 0.1) is 17.9 Å². The van der Waals surface area contributed by atoms with Crippen LogP contribution in [-0.4, -0.2) is 31.9 Å².